The summed E-state index contributed by atoms with van der Waals surface area (Å²) >= 11 is 0. The largest absolute Gasteiger partial charge is 0.390 e. The van der Waals surface area contributed by atoms with Gasteiger partial charge in [0.25, 0.3) is 0 Å². The van der Waals surface area contributed by atoms with Gasteiger partial charge in [-0.25, -0.2) is 14.4 Å². The number of rotatable bonds is 9. The first-order valence-corrected chi connectivity index (χ1v) is 15.2. The van der Waals surface area contributed by atoms with Crippen LogP contribution in [0.25, 0.3) is 32.9 Å². The SMILES string of the molecule is CC1CC=C(F)C=C1Cn1ncc2cc(Nc3ncnc4ccc(-c5ccn(C[C@@H](O)CN6CCOCC6)c5)cc34)ccc21. The molecule has 9 nitrogen and oxygen atoms in total. The fourth-order valence-corrected chi connectivity index (χ4v) is 6.06. The first-order valence-electron chi connectivity index (χ1n) is 15.2. The van der Waals surface area contributed by atoms with E-state index in [1.165, 1.54) is 0 Å². The van der Waals surface area contributed by atoms with Gasteiger partial charge in [-0.3, -0.25) is 9.58 Å². The number of aliphatic hydroxyl groups excluding tert-OH is 1. The molecule has 7 rings (SSSR count). The maximum atomic E-state index is 13.9. The molecule has 0 amide bonds. The molecule has 226 valence electrons. The lowest BCUT2D eigenvalue weighted by molar-refractivity contribution is 0.0115. The molecule has 0 saturated carbocycles. The van der Waals surface area contributed by atoms with E-state index >= 15 is 0 Å². The second-order valence-corrected chi connectivity index (χ2v) is 11.8. The Kier molecular flexibility index (Phi) is 7.95. The highest BCUT2D eigenvalue weighted by Gasteiger charge is 2.17. The van der Waals surface area contributed by atoms with Gasteiger partial charge < -0.3 is 19.7 Å². The van der Waals surface area contributed by atoms with E-state index in [4.69, 9.17) is 4.74 Å². The quantitative estimate of drug-likeness (QED) is 0.226. The summed E-state index contributed by atoms with van der Waals surface area (Å²) in [5.41, 5.74) is 5.88. The number of fused-ring (bicyclic) bond motifs is 2. The van der Waals surface area contributed by atoms with Crippen molar-refractivity contribution in [2.75, 3.05) is 38.2 Å². The van der Waals surface area contributed by atoms with E-state index in [2.05, 4.69) is 62.7 Å². The summed E-state index contributed by atoms with van der Waals surface area (Å²) in [4.78, 5) is 11.3. The number of ether oxygens (including phenoxy) is 1. The molecule has 1 fully saturated rings. The van der Waals surface area contributed by atoms with Crippen molar-refractivity contribution in [2.24, 2.45) is 5.92 Å². The molecule has 44 heavy (non-hydrogen) atoms. The van der Waals surface area contributed by atoms with E-state index in [1.54, 1.807) is 18.5 Å². The van der Waals surface area contributed by atoms with Crippen molar-refractivity contribution in [2.45, 2.75) is 32.5 Å². The third-order valence-electron chi connectivity index (χ3n) is 8.57. The molecule has 2 aliphatic rings. The minimum absolute atomic E-state index is 0.169. The lowest BCUT2D eigenvalue weighted by atomic mass is 9.93. The summed E-state index contributed by atoms with van der Waals surface area (Å²) < 4.78 is 23.3. The molecule has 1 unspecified atom stereocenters. The average Bonchev–Trinajstić information content (AvgIpc) is 3.66. The molecule has 4 heterocycles. The number of halogens is 1. The molecule has 3 aromatic heterocycles. The number of β-amino-alcohol motifs (C(OH)–C–C–N with tert-alkyl or cyclic N) is 1. The summed E-state index contributed by atoms with van der Waals surface area (Å²) in [6.45, 7) is 7.02. The second-order valence-electron chi connectivity index (χ2n) is 11.8. The van der Waals surface area contributed by atoms with Gasteiger partial charge in [-0.15, -0.1) is 0 Å². The molecule has 5 aromatic rings. The standard InChI is InChI=1S/C34H36FN7O2/c1-23-2-4-28(35)14-27(23)19-42-33-7-5-29(15-26(33)17-38-42)39-34-31-16-24(3-6-32(31)36-22-37-34)25-8-9-41(18-25)21-30(43)20-40-10-12-44-13-11-40/h3-9,14-18,22-23,30,43H,2,10-13,19-21H2,1H3,(H,36,37,39)/t23?,30-/m0/s1. The van der Waals surface area contributed by atoms with Crippen LogP contribution >= 0.6 is 0 Å². The molecule has 2 atom stereocenters. The first-order chi connectivity index (χ1) is 21.5. The Morgan fingerprint density at radius 3 is 2.84 bits per heavy atom. The van der Waals surface area contributed by atoms with Crippen LogP contribution in [0, 0.1) is 5.92 Å². The van der Waals surface area contributed by atoms with Gasteiger partial charge in [0.1, 0.15) is 18.0 Å². The molecule has 10 heteroatoms. The van der Waals surface area contributed by atoms with Crippen LogP contribution in [0.15, 0.2) is 90.9 Å². The van der Waals surface area contributed by atoms with Crippen LogP contribution in [-0.2, 0) is 17.8 Å². The highest BCUT2D eigenvalue weighted by Crippen LogP contribution is 2.31. The highest BCUT2D eigenvalue weighted by atomic mass is 19.1. The lowest BCUT2D eigenvalue weighted by Crippen LogP contribution is -2.41. The van der Waals surface area contributed by atoms with E-state index in [1.807, 2.05) is 39.8 Å². The molecule has 1 saturated heterocycles. The predicted molar refractivity (Wildman–Crippen MR) is 170 cm³/mol. The molecule has 2 aromatic carbocycles. The summed E-state index contributed by atoms with van der Waals surface area (Å²) in [6.07, 6.45) is 11.0. The Labute approximate surface area is 255 Å². The van der Waals surface area contributed by atoms with E-state index < -0.39 is 6.10 Å². The van der Waals surface area contributed by atoms with E-state index in [0.29, 0.717) is 31.9 Å². The number of anilines is 2. The van der Waals surface area contributed by atoms with E-state index in [0.717, 1.165) is 70.5 Å². The molecule has 0 spiro atoms. The van der Waals surface area contributed by atoms with Crippen LogP contribution in [0.2, 0.25) is 0 Å². The Hall–Kier alpha value is -4.38. The predicted octanol–water partition coefficient (Wildman–Crippen LogP) is 5.70. The monoisotopic (exact) mass is 593 g/mol. The third kappa shape index (κ3) is 6.14. The van der Waals surface area contributed by atoms with Gasteiger partial charge in [0.15, 0.2) is 0 Å². The lowest BCUT2D eigenvalue weighted by Gasteiger charge is -2.28. The summed E-state index contributed by atoms with van der Waals surface area (Å²) in [7, 11) is 0. The zero-order chi connectivity index (χ0) is 30.0. The minimum atomic E-state index is -0.452. The average molecular weight is 594 g/mol. The van der Waals surface area contributed by atoms with Crippen molar-refractivity contribution in [1.29, 1.82) is 0 Å². The molecular formula is C34H36FN7O2. The van der Waals surface area contributed by atoms with Crippen LogP contribution in [-0.4, -0.2) is 73.3 Å². The van der Waals surface area contributed by atoms with Crippen molar-refractivity contribution in [3.63, 3.8) is 0 Å². The maximum Gasteiger partial charge on any atom is 0.141 e. The topological polar surface area (TPSA) is 93.3 Å². The van der Waals surface area contributed by atoms with Crippen LogP contribution in [0.3, 0.4) is 0 Å². The van der Waals surface area contributed by atoms with Gasteiger partial charge in [-0.05, 0) is 77.6 Å². The Morgan fingerprint density at radius 2 is 1.95 bits per heavy atom. The molecule has 1 aliphatic heterocycles. The maximum absolute atomic E-state index is 13.9. The Balaban J connectivity index is 1.08. The van der Waals surface area contributed by atoms with Crippen molar-refractivity contribution in [3.8, 4) is 11.1 Å². The van der Waals surface area contributed by atoms with Crippen molar-refractivity contribution in [3.05, 3.63) is 90.9 Å². The number of aromatic nitrogens is 5. The number of hydrogen-bond acceptors (Lipinski definition) is 7. The molecule has 0 bridgehead atoms. The van der Waals surface area contributed by atoms with Gasteiger partial charge in [0.2, 0.25) is 0 Å². The zero-order valence-electron chi connectivity index (χ0n) is 24.7. The zero-order valence-corrected chi connectivity index (χ0v) is 24.7. The highest BCUT2D eigenvalue weighted by molar-refractivity contribution is 5.94. The number of allylic oxidation sites excluding steroid dienone is 4. The fraction of sp³-hybridized carbons (Fsp3) is 0.324. The molecule has 1 aliphatic carbocycles. The Morgan fingerprint density at radius 1 is 1.07 bits per heavy atom. The van der Waals surface area contributed by atoms with Crippen LogP contribution in [0.5, 0.6) is 0 Å². The van der Waals surface area contributed by atoms with Gasteiger partial charge >= 0.3 is 0 Å². The first kappa shape index (κ1) is 28.4. The number of morpholine rings is 1. The number of aliphatic hydroxyl groups is 1. The van der Waals surface area contributed by atoms with Crippen molar-refractivity contribution in [1.82, 2.24) is 29.2 Å². The fourth-order valence-electron chi connectivity index (χ4n) is 6.06. The normalized spacial score (nSPS) is 18.4. The number of nitrogens with zero attached hydrogens (tertiary/aromatic N) is 6. The van der Waals surface area contributed by atoms with E-state index in [-0.39, 0.29) is 11.7 Å². The molecule has 2 N–H and O–H groups in total. The molecule has 0 radical (unpaired) electrons. The van der Waals surface area contributed by atoms with Crippen molar-refractivity contribution >= 4 is 33.3 Å². The van der Waals surface area contributed by atoms with Crippen molar-refractivity contribution < 1.29 is 14.2 Å². The summed E-state index contributed by atoms with van der Waals surface area (Å²) in [5, 5.41) is 20.6. The number of benzene rings is 2. The minimum Gasteiger partial charge on any atom is -0.390 e. The molecular weight excluding hydrogens is 557 g/mol. The third-order valence-corrected chi connectivity index (χ3v) is 8.57. The number of hydrogen-bond donors (Lipinski definition) is 2. The summed E-state index contributed by atoms with van der Waals surface area (Å²) in [6, 6.07) is 14.3. The van der Waals surface area contributed by atoms with Crippen LogP contribution in [0.4, 0.5) is 15.9 Å². The van der Waals surface area contributed by atoms with Gasteiger partial charge in [0, 0.05) is 55.0 Å². The van der Waals surface area contributed by atoms with Gasteiger partial charge in [-0.2, -0.15) is 5.10 Å². The van der Waals surface area contributed by atoms with Crippen LogP contribution < -0.4 is 5.32 Å². The smallest absolute Gasteiger partial charge is 0.141 e. The van der Waals surface area contributed by atoms with Gasteiger partial charge in [-0.1, -0.05) is 13.0 Å². The number of nitrogens with one attached hydrogen (secondary N) is 1. The van der Waals surface area contributed by atoms with Crippen LogP contribution in [0.1, 0.15) is 13.3 Å². The summed E-state index contributed by atoms with van der Waals surface area (Å²) in [5.74, 6) is 0.834. The van der Waals surface area contributed by atoms with E-state index in [9.17, 15) is 9.50 Å². The Bertz CT molecular complexity index is 1850. The second kappa shape index (κ2) is 12.3. The van der Waals surface area contributed by atoms with Gasteiger partial charge in [0.05, 0.1) is 43.1 Å².